The zero-order chi connectivity index (χ0) is 11.0. The van der Waals surface area contributed by atoms with Crippen molar-refractivity contribution in [1.29, 1.82) is 0 Å². The minimum Gasteiger partial charge on any atom is -0.478 e. The Bertz CT molecular complexity index is 603. The van der Waals surface area contributed by atoms with E-state index in [0.29, 0.717) is 5.39 Å². The summed E-state index contributed by atoms with van der Waals surface area (Å²) in [5.41, 5.74) is -0.532. The van der Waals surface area contributed by atoms with E-state index < -0.39 is 17.3 Å². The van der Waals surface area contributed by atoms with Gasteiger partial charge in [-0.2, -0.15) is 0 Å². The molecule has 4 nitrogen and oxygen atoms in total. The largest absolute Gasteiger partial charge is 0.478 e. The van der Waals surface area contributed by atoms with Crippen LogP contribution in [-0.2, 0) is 0 Å². The Kier molecular flexibility index (Phi) is 2.00. The predicted molar refractivity (Wildman–Crippen MR) is 51.5 cm³/mol. The first kappa shape index (κ1) is 9.39. The average Bonchev–Trinajstić information content (AvgIpc) is 2.17. The van der Waals surface area contributed by atoms with E-state index in [1.807, 2.05) is 0 Å². The van der Waals surface area contributed by atoms with Gasteiger partial charge in [-0.15, -0.1) is 0 Å². The maximum atomic E-state index is 13.0. The maximum absolute atomic E-state index is 13.0. The molecule has 0 aliphatic rings. The normalized spacial score (nSPS) is 10.5. The minimum absolute atomic E-state index is 0.136. The highest BCUT2D eigenvalue weighted by atomic mass is 19.1. The van der Waals surface area contributed by atoms with Crippen LogP contribution < -0.4 is 5.56 Å². The average molecular weight is 207 g/mol. The fraction of sp³-hybridized carbons (Fsp3) is 0. The standard InChI is InChI=1S/C10H6FNO3/c11-6-3-5-1-2-8(13)12-9(5)7(4-6)10(14)15/h1-4H,(H,12,13)(H,14,15). The summed E-state index contributed by atoms with van der Waals surface area (Å²) in [5, 5.41) is 9.16. The Balaban J connectivity index is 2.94. The van der Waals surface area contributed by atoms with E-state index in [1.54, 1.807) is 0 Å². The second kappa shape index (κ2) is 3.20. The summed E-state index contributed by atoms with van der Waals surface area (Å²) >= 11 is 0. The maximum Gasteiger partial charge on any atom is 0.337 e. The molecule has 2 aromatic rings. The number of pyridine rings is 1. The zero-order valence-corrected chi connectivity index (χ0v) is 7.45. The fourth-order valence-corrected chi connectivity index (χ4v) is 1.40. The lowest BCUT2D eigenvalue weighted by molar-refractivity contribution is 0.0698. The summed E-state index contributed by atoms with van der Waals surface area (Å²) in [6.45, 7) is 0. The van der Waals surface area contributed by atoms with Gasteiger partial charge in [-0.25, -0.2) is 9.18 Å². The number of carbonyl (C=O) groups is 1. The Labute approximate surface area is 83.0 Å². The van der Waals surface area contributed by atoms with Crippen LogP contribution in [0, 0.1) is 5.82 Å². The molecule has 1 aromatic carbocycles. The first-order chi connectivity index (χ1) is 7.08. The van der Waals surface area contributed by atoms with Crippen molar-refractivity contribution in [3.63, 3.8) is 0 Å². The highest BCUT2D eigenvalue weighted by Gasteiger charge is 2.11. The molecular weight excluding hydrogens is 201 g/mol. The molecule has 0 saturated carbocycles. The lowest BCUT2D eigenvalue weighted by Gasteiger charge is -2.01. The smallest absolute Gasteiger partial charge is 0.337 e. The number of carboxylic acids is 1. The second-order valence-electron chi connectivity index (χ2n) is 3.05. The van der Waals surface area contributed by atoms with Crippen molar-refractivity contribution in [2.75, 3.05) is 0 Å². The molecular formula is C10H6FNO3. The van der Waals surface area contributed by atoms with E-state index in [0.717, 1.165) is 12.1 Å². The van der Waals surface area contributed by atoms with Crippen LogP contribution in [0.3, 0.4) is 0 Å². The summed E-state index contributed by atoms with van der Waals surface area (Å²) in [6, 6.07) is 4.63. The van der Waals surface area contributed by atoms with Crippen molar-refractivity contribution in [3.05, 3.63) is 46.0 Å². The molecule has 0 saturated heterocycles. The van der Waals surface area contributed by atoms with E-state index >= 15 is 0 Å². The topological polar surface area (TPSA) is 70.2 Å². The number of H-pyrrole nitrogens is 1. The summed E-state index contributed by atoms with van der Waals surface area (Å²) in [5.74, 6) is -1.92. The van der Waals surface area contributed by atoms with Crippen molar-refractivity contribution >= 4 is 16.9 Å². The number of aromatic nitrogens is 1. The zero-order valence-electron chi connectivity index (χ0n) is 7.45. The molecule has 76 valence electrons. The van der Waals surface area contributed by atoms with Gasteiger partial charge in [-0.05, 0) is 18.2 Å². The van der Waals surface area contributed by atoms with Gasteiger partial charge in [0.25, 0.3) is 0 Å². The third kappa shape index (κ3) is 1.59. The number of hydrogen-bond donors (Lipinski definition) is 2. The SMILES string of the molecule is O=C(O)c1cc(F)cc2ccc(=O)[nH]c12. The predicted octanol–water partition coefficient (Wildman–Crippen LogP) is 1.37. The molecule has 0 aliphatic carbocycles. The van der Waals surface area contributed by atoms with E-state index in [2.05, 4.69) is 4.98 Å². The number of halogens is 1. The van der Waals surface area contributed by atoms with Gasteiger partial charge in [0.05, 0.1) is 11.1 Å². The van der Waals surface area contributed by atoms with Crippen molar-refractivity contribution in [2.24, 2.45) is 0 Å². The lowest BCUT2D eigenvalue weighted by Crippen LogP contribution is -2.07. The van der Waals surface area contributed by atoms with Crippen LogP contribution in [-0.4, -0.2) is 16.1 Å². The van der Waals surface area contributed by atoms with Gasteiger partial charge in [0.1, 0.15) is 5.82 Å². The van der Waals surface area contributed by atoms with Crippen LogP contribution in [0.25, 0.3) is 10.9 Å². The summed E-state index contributed by atoms with van der Waals surface area (Å²) in [7, 11) is 0. The van der Waals surface area contributed by atoms with Crippen LogP contribution in [0.15, 0.2) is 29.1 Å². The van der Waals surface area contributed by atoms with E-state index in [1.165, 1.54) is 12.1 Å². The van der Waals surface area contributed by atoms with Crippen molar-refractivity contribution in [3.8, 4) is 0 Å². The Morgan fingerprint density at radius 2 is 2.07 bits per heavy atom. The lowest BCUT2D eigenvalue weighted by atomic mass is 10.1. The fourth-order valence-electron chi connectivity index (χ4n) is 1.40. The van der Waals surface area contributed by atoms with Crippen LogP contribution >= 0.6 is 0 Å². The molecule has 0 radical (unpaired) electrons. The number of nitrogens with one attached hydrogen (secondary N) is 1. The van der Waals surface area contributed by atoms with E-state index in [-0.39, 0.29) is 11.1 Å². The number of aromatic carboxylic acids is 1. The first-order valence-electron chi connectivity index (χ1n) is 4.14. The summed E-state index contributed by atoms with van der Waals surface area (Å²) in [4.78, 5) is 24.2. The number of benzene rings is 1. The molecule has 15 heavy (non-hydrogen) atoms. The van der Waals surface area contributed by atoms with Crippen molar-refractivity contribution in [2.45, 2.75) is 0 Å². The van der Waals surface area contributed by atoms with Crippen LogP contribution in [0.4, 0.5) is 4.39 Å². The number of hydrogen-bond acceptors (Lipinski definition) is 2. The molecule has 0 bridgehead atoms. The molecule has 5 heteroatoms. The van der Waals surface area contributed by atoms with Gasteiger partial charge in [0.2, 0.25) is 5.56 Å². The molecule has 1 heterocycles. The van der Waals surface area contributed by atoms with Gasteiger partial charge in [0, 0.05) is 11.5 Å². The second-order valence-corrected chi connectivity index (χ2v) is 3.05. The first-order valence-corrected chi connectivity index (χ1v) is 4.14. The van der Waals surface area contributed by atoms with E-state index in [9.17, 15) is 14.0 Å². The third-order valence-electron chi connectivity index (χ3n) is 2.03. The molecule has 0 spiro atoms. The molecule has 0 atom stereocenters. The quantitative estimate of drug-likeness (QED) is 0.741. The van der Waals surface area contributed by atoms with Crippen molar-refractivity contribution in [1.82, 2.24) is 4.98 Å². The molecule has 2 N–H and O–H groups in total. The Hall–Kier alpha value is -2.17. The number of fused-ring (bicyclic) bond motifs is 1. The van der Waals surface area contributed by atoms with Gasteiger partial charge in [0.15, 0.2) is 0 Å². The van der Waals surface area contributed by atoms with Crippen molar-refractivity contribution < 1.29 is 14.3 Å². The summed E-state index contributed by atoms with van der Waals surface area (Å²) in [6.07, 6.45) is 0. The number of carboxylic acid groups (broad SMARTS) is 1. The number of aromatic amines is 1. The summed E-state index contributed by atoms with van der Waals surface area (Å²) < 4.78 is 13.0. The molecule has 2 rings (SSSR count). The van der Waals surface area contributed by atoms with E-state index in [4.69, 9.17) is 5.11 Å². The highest BCUT2D eigenvalue weighted by molar-refractivity contribution is 6.01. The Morgan fingerprint density at radius 3 is 2.73 bits per heavy atom. The Morgan fingerprint density at radius 1 is 1.33 bits per heavy atom. The van der Waals surface area contributed by atoms with Gasteiger partial charge in [-0.1, -0.05) is 0 Å². The van der Waals surface area contributed by atoms with Gasteiger partial charge in [-0.3, -0.25) is 4.79 Å². The van der Waals surface area contributed by atoms with Crippen LogP contribution in [0.5, 0.6) is 0 Å². The molecule has 0 unspecified atom stereocenters. The number of rotatable bonds is 1. The monoisotopic (exact) mass is 207 g/mol. The van der Waals surface area contributed by atoms with Gasteiger partial charge < -0.3 is 10.1 Å². The molecule has 0 aliphatic heterocycles. The van der Waals surface area contributed by atoms with Crippen LogP contribution in [0.2, 0.25) is 0 Å². The van der Waals surface area contributed by atoms with Gasteiger partial charge >= 0.3 is 5.97 Å². The highest BCUT2D eigenvalue weighted by Crippen LogP contribution is 2.17. The molecule has 1 aromatic heterocycles. The minimum atomic E-state index is -1.28. The van der Waals surface area contributed by atoms with Crippen LogP contribution in [0.1, 0.15) is 10.4 Å². The molecule has 0 fully saturated rings. The third-order valence-corrected chi connectivity index (χ3v) is 2.03. The molecule has 0 amide bonds.